The fourth-order valence-electron chi connectivity index (χ4n) is 2.78. The van der Waals surface area contributed by atoms with Crippen LogP contribution in [0.5, 0.6) is 0 Å². The number of aryl methyl sites for hydroxylation is 1. The Bertz CT molecular complexity index is 496. The van der Waals surface area contributed by atoms with Gasteiger partial charge in [0.05, 0.1) is 0 Å². The monoisotopic (exact) mass is 477 g/mol. The van der Waals surface area contributed by atoms with Crippen molar-refractivity contribution in [3.63, 3.8) is 0 Å². The average molecular weight is 478 g/mol. The predicted octanol–water partition coefficient (Wildman–Crippen LogP) is 9.15. The molecule has 0 bridgehead atoms. The standard InChI is InChI=1S/C10H9.3C6H14N.Ti/c1-8-4-2-5-9-6-3-7-10(8)9;3*1-3-5-7-6-4-2;/h2-7H,1H3;3*3-6H2,1-2H3;/q;3*-1;+3. The number of benzene rings is 1. The number of allylic oxidation sites excluding steroid dienone is 1. The molecular weight excluding hydrogens is 426 g/mol. The Morgan fingerprint density at radius 1 is 0.656 bits per heavy atom. The van der Waals surface area contributed by atoms with Crippen LogP contribution in [0.25, 0.3) is 22.0 Å². The summed E-state index contributed by atoms with van der Waals surface area (Å²) in [4.78, 5) is 0. The number of hydrogen-bond donors (Lipinski definition) is 0. The fraction of sp³-hybridized carbons (Fsp3) is 0.714. The molecule has 0 N–H and O–H groups in total. The Morgan fingerprint density at radius 3 is 1.34 bits per heavy atom. The first-order valence-corrected chi connectivity index (χ1v) is 13.8. The van der Waals surface area contributed by atoms with E-state index < -0.39 is 0 Å². The summed E-state index contributed by atoms with van der Waals surface area (Å²) >= 11 is 2.24. The molecule has 182 valence electrons. The molecule has 32 heavy (non-hydrogen) atoms. The van der Waals surface area contributed by atoms with Crippen molar-refractivity contribution in [3.8, 4) is 0 Å². The van der Waals surface area contributed by atoms with E-state index >= 15 is 0 Å². The van der Waals surface area contributed by atoms with E-state index in [0.29, 0.717) is 4.22 Å². The van der Waals surface area contributed by atoms with Crippen molar-refractivity contribution in [3.05, 3.63) is 56.9 Å². The van der Waals surface area contributed by atoms with Crippen LogP contribution in [-0.4, -0.2) is 39.3 Å². The van der Waals surface area contributed by atoms with Crippen LogP contribution in [0.15, 0.2) is 24.3 Å². The predicted molar refractivity (Wildman–Crippen MR) is 144 cm³/mol. The summed E-state index contributed by atoms with van der Waals surface area (Å²) in [6, 6.07) is 6.52. The Morgan fingerprint density at radius 2 is 1.03 bits per heavy atom. The molecule has 1 atom stereocenters. The molecule has 1 aliphatic carbocycles. The van der Waals surface area contributed by atoms with Gasteiger partial charge in [-0.05, 0) is 0 Å². The SMILES string of the molecule is CCC[N-]CCC.CCC[N-]CCC.CCC[N-]CCC.Cc1cccc2c1C=C[CH]2[Ti+3]. The van der Waals surface area contributed by atoms with Gasteiger partial charge in [-0.2, -0.15) is 0 Å². The zero-order chi connectivity index (χ0) is 24.5. The Hall–Kier alpha value is -0.446. The van der Waals surface area contributed by atoms with Gasteiger partial charge in [0.2, 0.25) is 0 Å². The summed E-state index contributed by atoms with van der Waals surface area (Å²) in [7, 11) is 0. The molecule has 0 fully saturated rings. The van der Waals surface area contributed by atoms with E-state index in [2.05, 4.69) is 115 Å². The van der Waals surface area contributed by atoms with Gasteiger partial charge in [0, 0.05) is 0 Å². The van der Waals surface area contributed by atoms with Crippen LogP contribution >= 0.6 is 0 Å². The molecule has 1 unspecified atom stereocenters. The zero-order valence-corrected chi connectivity index (χ0v) is 23.9. The molecule has 0 aliphatic heterocycles. The van der Waals surface area contributed by atoms with Crippen LogP contribution in [0.3, 0.4) is 0 Å². The summed E-state index contributed by atoms with van der Waals surface area (Å²) in [6.45, 7) is 21.4. The van der Waals surface area contributed by atoms with Crippen LogP contribution in [0.1, 0.15) is 101 Å². The number of rotatable bonds is 12. The second-order valence-corrected chi connectivity index (χ2v) is 8.90. The van der Waals surface area contributed by atoms with Gasteiger partial charge in [-0.15, -0.1) is 39.3 Å². The molecule has 0 saturated heterocycles. The number of fused-ring (bicyclic) bond motifs is 1. The minimum atomic E-state index is 0.616. The third kappa shape index (κ3) is 20.2. The van der Waals surface area contributed by atoms with E-state index in [-0.39, 0.29) is 0 Å². The van der Waals surface area contributed by atoms with Crippen molar-refractivity contribution >= 4 is 6.08 Å². The van der Waals surface area contributed by atoms with Gasteiger partial charge in [-0.1, -0.05) is 80.1 Å². The van der Waals surface area contributed by atoms with Crippen LogP contribution in [-0.2, 0) is 20.4 Å². The Kier molecular flexibility index (Phi) is 28.2. The molecule has 0 amide bonds. The van der Waals surface area contributed by atoms with Crippen LogP contribution < -0.4 is 0 Å². The molecule has 2 rings (SSSR count). The summed E-state index contributed by atoms with van der Waals surface area (Å²) < 4.78 is 0.616. The van der Waals surface area contributed by atoms with Crippen LogP contribution in [0.4, 0.5) is 0 Å². The number of nitrogens with zero attached hydrogens (tertiary/aromatic N) is 3. The van der Waals surface area contributed by atoms with E-state index in [1.165, 1.54) is 55.2 Å². The molecule has 1 aliphatic rings. The van der Waals surface area contributed by atoms with Crippen LogP contribution in [0, 0.1) is 6.92 Å². The van der Waals surface area contributed by atoms with Crippen molar-refractivity contribution in [1.29, 1.82) is 0 Å². The van der Waals surface area contributed by atoms with Gasteiger partial charge in [-0.25, -0.2) is 0 Å². The average Bonchev–Trinajstić information content (AvgIpc) is 3.19. The third-order valence-electron chi connectivity index (χ3n) is 4.44. The summed E-state index contributed by atoms with van der Waals surface area (Å²) in [5, 5.41) is 12.6. The molecule has 0 spiro atoms. The van der Waals surface area contributed by atoms with Gasteiger partial charge < -0.3 is 16.0 Å². The van der Waals surface area contributed by atoms with E-state index in [0.717, 1.165) is 39.3 Å². The van der Waals surface area contributed by atoms with Gasteiger partial charge in [0.15, 0.2) is 0 Å². The summed E-state index contributed by atoms with van der Waals surface area (Å²) in [5.41, 5.74) is 4.30. The maximum absolute atomic E-state index is 4.21. The molecule has 0 radical (unpaired) electrons. The van der Waals surface area contributed by atoms with Crippen molar-refractivity contribution in [1.82, 2.24) is 0 Å². The molecule has 0 saturated carbocycles. The molecule has 4 heteroatoms. The maximum atomic E-state index is 4.21. The summed E-state index contributed by atoms with van der Waals surface area (Å²) in [5.74, 6) is 0. The Balaban J connectivity index is 0. The van der Waals surface area contributed by atoms with E-state index in [1.54, 1.807) is 0 Å². The van der Waals surface area contributed by atoms with Crippen molar-refractivity contribution in [2.24, 2.45) is 0 Å². The number of hydrogen-bond acceptors (Lipinski definition) is 0. The van der Waals surface area contributed by atoms with Gasteiger partial charge in [-0.3, -0.25) is 0 Å². The quantitative estimate of drug-likeness (QED) is 0.213. The van der Waals surface area contributed by atoms with Gasteiger partial charge in [0.25, 0.3) is 0 Å². The molecule has 0 heterocycles. The van der Waals surface area contributed by atoms with E-state index in [1.807, 2.05) is 0 Å². The third-order valence-corrected chi connectivity index (χ3v) is 5.22. The van der Waals surface area contributed by atoms with E-state index in [4.69, 9.17) is 0 Å². The van der Waals surface area contributed by atoms with Gasteiger partial charge in [0.1, 0.15) is 0 Å². The normalized spacial score (nSPS) is 13.2. The molecule has 3 nitrogen and oxygen atoms in total. The second-order valence-electron chi connectivity index (χ2n) is 7.93. The molecular formula is C28H51N3Ti. The van der Waals surface area contributed by atoms with E-state index in [9.17, 15) is 0 Å². The molecule has 0 aromatic heterocycles. The Labute approximate surface area is 213 Å². The summed E-state index contributed by atoms with van der Waals surface area (Å²) in [6.07, 6.45) is 11.7. The topological polar surface area (TPSA) is 42.3 Å². The molecule has 1 aromatic rings. The fourth-order valence-corrected chi connectivity index (χ4v) is 3.33. The minimum absolute atomic E-state index is 0.616. The first kappa shape index (κ1) is 33.7. The van der Waals surface area contributed by atoms with Crippen molar-refractivity contribution in [2.75, 3.05) is 39.3 Å². The molecule has 1 aromatic carbocycles. The zero-order valence-electron chi connectivity index (χ0n) is 22.3. The first-order valence-electron chi connectivity index (χ1n) is 12.9. The van der Waals surface area contributed by atoms with Gasteiger partial charge >= 0.3 is 78.6 Å². The van der Waals surface area contributed by atoms with Crippen molar-refractivity contribution in [2.45, 2.75) is 91.2 Å². The van der Waals surface area contributed by atoms with Crippen molar-refractivity contribution < 1.29 is 20.4 Å². The second kappa shape index (κ2) is 26.8. The first-order chi connectivity index (χ1) is 15.5. The van der Waals surface area contributed by atoms with Crippen LogP contribution in [0.2, 0.25) is 0 Å².